The summed E-state index contributed by atoms with van der Waals surface area (Å²) in [5.41, 5.74) is 3.77. The van der Waals surface area contributed by atoms with Gasteiger partial charge in [0.15, 0.2) is 6.29 Å². The van der Waals surface area contributed by atoms with E-state index in [-0.39, 0.29) is 12.0 Å². The van der Waals surface area contributed by atoms with Gasteiger partial charge in [0.1, 0.15) is 22.9 Å². The average molecular weight is 396 g/mol. The average Bonchev–Trinajstić information content (AvgIpc) is 3.09. The topological polar surface area (TPSA) is 112 Å². The van der Waals surface area contributed by atoms with Crippen LogP contribution in [0.4, 0.5) is 13.2 Å². The molecule has 0 saturated carbocycles. The molecule has 10 heteroatoms. The van der Waals surface area contributed by atoms with E-state index >= 15 is 0 Å². The van der Waals surface area contributed by atoms with Crippen molar-refractivity contribution in [3.05, 3.63) is 53.9 Å². The molecule has 0 aliphatic heterocycles. The number of benzene rings is 1. The van der Waals surface area contributed by atoms with E-state index in [1.54, 1.807) is 36.4 Å². The molecule has 0 aliphatic carbocycles. The molecule has 0 fully saturated rings. The summed E-state index contributed by atoms with van der Waals surface area (Å²) in [6.45, 7) is 1.16. The van der Waals surface area contributed by atoms with Crippen molar-refractivity contribution in [2.45, 2.75) is 18.8 Å². The number of halogens is 3. The smallest absolute Gasteiger partial charge is 0.457 e. The van der Waals surface area contributed by atoms with Crippen LogP contribution in [0, 0.1) is 0 Å². The number of alkyl halides is 3. The van der Waals surface area contributed by atoms with Gasteiger partial charge in [-0.2, -0.15) is 13.2 Å². The molecule has 1 aromatic heterocycles. The zero-order chi connectivity index (χ0) is 20.9. The van der Waals surface area contributed by atoms with Crippen LogP contribution in [-0.4, -0.2) is 30.1 Å². The lowest BCUT2D eigenvalue weighted by Crippen LogP contribution is -2.53. The number of carbonyl (C=O) groups excluding carboxylic acids is 3. The number of hydrogen-bond donors (Lipinski definition) is 2. The minimum absolute atomic E-state index is 0.0412. The van der Waals surface area contributed by atoms with Crippen LogP contribution in [0.15, 0.2) is 52.6 Å². The third-order valence-corrected chi connectivity index (χ3v) is 3.26. The molecule has 148 valence electrons. The highest BCUT2D eigenvalue weighted by Crippen LogP contribution is 2.23. The number of aldehydes is 1. The zero-order valence-corrected chi connectivity index (χ0v) is 14.4. The van der Waals surface area contributed by atoms with Crippen LogP contribution in [0.25, 0.3) is 17.4 Å². The van der Waals surface area contributed by atoms with Crippen molar-refractivity contribution in [2.75, 3.05) is 0 Å². The zero-order valence-electron chi connectivity index (χ0n) is 14.4. The molecule has 1 atom stereocenters. The van der Waals surface area contributed by atoms with E-state index in [0.717, 1.165) is 13.0 Å². The lowest BCUT2D eigenvalue weighted by molar-refractivity contribution is -0.200. The van der Waals surface area contributed by atoms with Gasteiger partial charge in [0.25, 0.3) is 0 Å². The van der Waals surface area contributed by atoms with Crippen LogP contribution in [0.3, 0.4) is 0 Å². The van der Waals surface area contributed by atoms with Gasteiger partial charge in [-0.1, -0.05) is 30.3 Å². The van der Waals surface area contributed by atoms with Crippen LogP contribution < -0.4 is 11.1 Å². The Hall–Kier alpha value is -3.40. The number of nitrogens with two attached hydrogens (primary N) is 1. The summed E-state index contributed by atoms with van der Waals surface area (Å²) in [5, 5.41) is 2.21. The van der Waals surface area contributed by atoms with Gasteiger partial charge in [-0.05, 0) is 19.1 Å². The summed E-state index contributed by atoms with van der Waals surface area (Å²) in [6.07, 6.45) is -4.19. The maximum atomic E-state index is 12.3. The number of rotatable bonds is 6. The Bertz CT molecular complexity index is 901. The largest absolute Gasteiger partial charge is 0.491 e. The van der Waals surface area contributed by atoms with Crippen molar-refractivity contribution < 1.29 is 36.7 Å². The van der Waals surface area contributed by atoms with E-state index < -0.39 is 29.5 Å². The quantitative estimate of drug-likeness (QED) is 0.253. The summed E-state index contributed by atoms with van der Waals surface area (Å²) in [4.78, 5) is 33.9. The first kappa shape index (κ1) is 20.9. The van der Waals surface area contributed by atoms with Crippen molar-refractivity contribution in [2.24, 2.45) is 5.73 Å². The second kappa shape index (κ2) is 8.09. The van der Waals surface area contributed by atoms with Crippen molar-refractivity contribution in [1.82, 2.24) is 5.32 Å². The van der Waals surface area contributed by atoms with Crippen LogP contribution in [0.1, 0.15) is 12.7 Å². The van der Waals surface area contributed by atoms with Crippen molar-refractivity contribution in [1.29, 1.82) is 0 Å². The predicted molar refractivity (Wildman–Crippen MR) is 91.1 cm³/mol. The highest BCUT2D eigenvalue weighted by molar-refractivity contribution is 6.00. The predicted octanol–water partition coefficient (Wildman–Crippen LogP) is 2.38. The van der Waals surface area contributed by atoms with Gasteiger partial charge in [0.2, 0.25) is 0 Å². The van der Waals surface area contributed by atoms with E-state index in [2.05, 4.69) is 10.1 Å². The fourth-order valence-corrected chi connectivity index (χ4v) is 1.99. The van der Waals surface area contributed by atoms with E-state index in [1.807, 2.05) is 0 Å². The van der Waals surface area contributed by atoms with Gasteiger partial charge in [-0.25, -0.2) is 9.59 Å². The highest BCUT2D eigenvalue weighted by Gasteiger charge is 2.43. The lowest BCUT2D eigenvalue weighted by atomic mass is 10.2. The Morgan fingerprint density at radius 3 is 2.36 bits per heavy atom. The van der Waals surface area contributed by atoms with Gasteiger partial charge < -0.3 is 20.2 Å². The molecule has 0 amide bonds. The maximum absolute atomic E-state index is 12.3. The molecule has 28 heavy (non-hydrogen) atoms. The number of carbonyl (C=O) groups is 3. The molecule has 0 saturated heterocycles. The van der Waals surface area contributed by atoms with E-state index in [4.69, 9.17) is 10.2 Å². The normalized spacial score (nSPS) is 14.1. The second-order valence-electron chi connectivity index (χ2n) is 5.83. The summed E-state index contributed by atoms with van der Waals surface area (Å²) in [5.74, 6) is -3.94. The SMILES string of the molecule is C[C@@](N)(C=O)N/C(=C/c1ccc(-c2ccccc2)o1)C(=O)OC(=O)C(F)(F)F. The molecule has 0 unspecified atom stereocenters. The van der Waals surface area contributed by atoms with Gasteiger partial charge in [0, 0.05) is 11.6 Å². The standard InChI is InChI=1S/C18H15F3N2O5/c1-17(22,10-24)23-13(15(25)28-16(26)18(19,20)21)9-12-7-8-14(27-12)11-5-3-2-4-6-11/h2-10,23H,22H2,1H3/b13-9+/t17-/m0/s1. The van der Waals surface area contributed by atoms with Crippen LogP contribution in [0.5, 0.6) is 0 Å². The minimum atomic E-state index is -5.37. The Morgan fingerprint density at radius 2 is 1.79 bits per heavy atom. The molecule has 1 aromatic carbocycles. The van der Waals surface area contributed by atoms with Gasteiger partial charge in [-0.15, -0.1) is 0 Å². The fourth-order valence-electron chi connectivity index (χ4n) is 1.99. The molecule has 7 nitrogen and oxygen atoms in total. The molecular weight excluding hydrogens is 381 g/mol. The lowest BCUT2D eigenvalue weighted by Gasteiger charge is -2.21. The van der Waals surface area contributed by atoms with Crippen LogP contribution in [0.2, 0.25) is 0 Å². The molecule has 2 aromatic rings. The van der Waals surface area contributed by atoms with Gasteiger partial charge >= 0.3 is 18.1 Å². The maximum Gasteiger partial charge on any atom is 0.491 e. The summed E-state index contributed by atoms with van der Waals surface area (Å²) < 4.78 is 46.3. The number of furan rings is 1. The molecule has 0 radical (unpaired) electrons. The molecule has 1 heterocycles. The summed E-state index contributed by atoms with van der Waals surface area (Å²) in [6, 6.07) is 11.8. The summed E-state index contributed by atoms with van der Waals surface area (Å²) in [7, 11) is 0. The number of ether oxygens (including phenoxy) is 1. The third kappa shape index (κ3) is 5.55. The van der Waals surface area contributed by atoms with Gasteiger partial charge in [-0.3, -0.25) is 4.79 Å². The first-order valence-corrected chi connectivity index (χ1v) is 7.75. The van der Waals surface area contributed by atoms with Crippen molar-refractivity contribution >= 4 is 24.3 Å². The Balaban J connectivity index is 2.33. The van der Waals surface area contributed by atoms with E-state index in [9.17, 15) is 27.6 Å². The molecule has 0 aliphatic rings. The van der Waals surface area contributed by atoms with Crippen molar-refractivity contribution in [3.63, 3.8) is 0 Å². The fraction of sp³-hybridized carbons (Fsp3) is 0.167. The molecular formula is C18H15F3N2O5. The Labute approximate surface area is 156 Å². The Morgan fingerprint density at radius 1 is 1.14 bits per heavy atom. The van der Waals surface area contributed by atoms with Crippen LogP contribution >= 0.6 is 0 Å². The molecule has 2 rings (SSSR count). The molecule has 0 spiro atoms. The van der Waals surface area contributed by atoms with Crippen molar-refractivity contribution in [3.8, 4) is 11.3 Å². The molecule has 3 N–H and O–H groups in total. The number of nitrogens with one attached hydrogen (secondary N) is 1. The third-order valence-electron chi connectivity index (χ3n) is 3.26. The highest BCUT2D eigenvalue weighted by atomic mass is 19.4. The molecule has 0 bridgehead atoms. The number of hydrogen-bond acceptors (Lipinski definition) is 7. The first-order valence-electron chi connectivity index (χ1n) is 7.75. The van der Waals surface area contributed by atoms with E-state index in [1.165, 1.54) is 6.07 Å². The van der Waals surface area contributed by atoms with Gasteiger partial charge in [0.05, 0.1) is 0 Å². The van der Waals surface area contributed by atoms with E-state index in [0.29, 0.717) is 11.3 Å². The minimum Gasteiger partial charge on any atom is -0.457 e. The first-order chi connectivity index (χ1) is 13.0. The Kier molecular flexibility index (Phi) is 6.04. The van der Waals surface area contributed by atoms with Crippen LogP contribution in [-0.2, 0) is 19.1 Å². The monoisotopic (exact) mass is 396 g/mol. The second-order valence-corrected chi connectivity index (χ2v) is 5.83. The summed E-state index contributed by atoms with van der Waals surface area (Å²) >= 11 is 0. The number of esters is 2.